The van der Waals surface area contributed by atoms with E-state index < -0.39 is 34.3 Å². The summed E-state index contributed by atoms with van der Waals surface area (Å²) in [6.45, 7) is 3.88. The van der Waals surface area contributed by atoms with Gasteiger partial charge < -0.3 is 10.2 Å². The van der Waals surface area contributed by atoms with E-state index in [1.165, 1.54) is 17.0 Å². The lowest BCUT2D eigenvalue weighted by Gasteiger charge is -2.33. The highest BCUT2D eigenvalue weighted by atomic mass is 32.2. The lowest BCUT2D eigenvalue weighted by Crippen LogP contribution is -2.53. The predicted octanol–water partition coefficient (Wildman–Crippen LogP) is 4.32. The third kappa shape index (κ3) is 8.64. The number of aryl methyl sites for hydroxylation is 1. The molecule has 0 spiro atoms. The number of hydrogen-bond acceptors (Lipinski definition) is 4. The Kier molecular flexibility index (Phi) is 10.6. The SMILES string of the molecule is CCCNC(=O)[C@H](Cc1ccccc1)N(Cc1ccc(F)cc1)C(=O)CN(c1ccc(CC)cc1)S(C)(=O)=O. The summed E-state index contributed by atoms with van der Waals surface area (Å²) in [7, 11) is -3.83. The van der Waals surface area contributed by atoms with Crippen LogP contribution in [0.3, 0.4) is 0 Å². The Balaban J connectivity index is 2.02. The van der Waals surface area contributed by atoms with Crippen LogP contribution in [-0.4, -0.2) is 50.5 Å². The Bertz CT molecular complexity index is 1330. The van der Waals surface area contributed by atoms with Crippen molar-refractivity contribution in [2.45, 2.75) is 45.7 Å². The van der Waals surface area contributed by atoms with E-state index in [9.17, 15) is 22.4 Å². The van der Waals surface area contributed by atoms with Crippen LogP contribution >= 0.6 is 0 Å². The molecule has 0 heterocycles. The second-order valence-electron chi connectivity index (χ2n) is 9.43. The summed E-state index contributed by atoms with van der Waals surface area (Å²) in [5, 5.41) is 2.89. The first-order valence-electron chi connectivity index (χ1n) is 13.0. The molecule has 3 aromatic rings. The molecule has 0 saturated carbocycles. The van der Waals surface area contributed by atoms with Crippen molar-refractivity contribution in [3.05, 3.63) is 101 Å². The van der Waals surface area contributed by atoms with E-state index in [2.05, 4.69) is 5.32 Å². The minimum atomic E-state index is -3.83. The molecule has 0 aromatic heterocycles. The molecule has 3 aromatic carbocycles. The van der Waals surface area contributed by atoms with Crippen LogP contribution in [0.4, 0.5) is 10.1 Å². The Morgan fingerprint density at radius 3 is 2.05 bits per heavy atom. The van der Waals surface area contributed by atoms with E-state index >= 15 is 0 Å². The third-order valence-corrected chi connectivity index (χ3v) is 7.54. The Morgan fingerprint density at radius 2 is 1.49 bits per heavy atom. The fraction of sp³-hybridized carbons (Fsp3) is 0.333. The molecule has 0 saturated heterocycles. The number of nitrogens with zero attached hydrogens (tertiary/aromatic N) is 2. The normalized spacial score (nSPS) is 12.0. The maximum absolute atomic E-state index is 13.9. The Hall–Kier alpha value is -3.72. The zero-order chi connectivity index (χ0) is 28.4. The molecule has 0 aliphatic carbocycles. The molecule has 39 heavy (non-hydrogen) atoms. The van der Waals surface area contributed by atoms with Crippen LogP contribution < -0.4 is 9.62 Å². The number of rotatable bonds is 13. The van der Waals surface area contributed by atoms with Gasteiger partial charge in [-0.3, -0.25) is 13.9 Å². The van der Waals surface area contributed by atoms with Crippen molar-refractivity contribution in [2.75, 3.05) is 23.7 Å². The third-order valence-electron chi connectivity index (χ3n) is 6.40. The van der Waals surface area contributed by atoms with Gasteiger partial charge in [0, 0.05) is 19.5 Å². The number of anilines is 1. The zero-order valence-corrected chi connectivity index (χ0v) is 23.5. The first-order valence-corrected chi connectivity index (χ1v) is 14.9. The molecule has 7 nitrogen and oxygen atoms in total. The van der Waals surface area contributed by atoms with Crippen molar-refractivity contribution in [1.29, 1.82) is 0 Å². The first-order chi connectivity index (χ1) is 18.6. The highest BCUT2D eigenvalue weighted by Crippen LogP contribution is 2.21. The molecule has 0 unspecified atom stereocenters. The number of hydrogen-bond donors (Lipinski definition) is 1. The highest BCUT2D eigenvalue weighted by molar-refractivity contribution is 7.92. The molecule has 1 atom stereocenters. The average molecular weight is 554 g/mol. The van der Waals surface area contributed by atoms with Gasteiger partial charge in [0.05, 0.1) is 11.9 Å². The maximum Gasteiger partial charge on any atom is 0.244 e. The number of sulfonamides is 1. The van der Waals surface area contributed by atoms with Crippen LogP contribution in [0, 0.1) is 5.82 Å². The summed E-state index contributed by atoms with van der Waals surface area (Å²) in [5.74, 6) is -1.30. The van der Waals surface area contributed by atoms with Crippen molar-refractivity contribution in [2.24, 2.45) is 0 Å². The summed E-state index contributed by atoms with van der Waals surface area (Å²) in [5.41, 5.74) is 2.86. The Morgan fingerprint density at radius 1 is 0.872 bits per heavy atom. The number of halogens is 1. The second kappa shape index (κ2) is 13.9. The van der Waals surface area contributed by atoms with E-state index in [1.807, 2.05) is 56.3 Å². The van der Waals surface area contributed by atoms with Crippen LogP contribution in [0.25, 0.3) is 0 Å². The zero-order valence-electron chi connectivity index (χ0n) is 22.6. The van der Waals surface area contributed by atoms with Gasteiger partial charge >= 0.3 is 0 Å². The summed E-state index contributed by atoms with van der Waals surface area (Å²) in [6.07, 6.45) is 2.78. The van der Waals surface area contributed by atoms with Gasteiger partial charge in [-0.2, -0.15) is 0 Å². The number of nitrogens with one attached hydrogen (secondary N) is 1. The first kappa shape index (κ1) is 29.8. The molecular weight excluding hydrogens is 517 g/mol. The smallest absolute Gasteiger partial charge is 0.244 e. The maximum atomic E-state index is 13.9. The van der Waals surface area contributed by atoms with E-state index in [0.717, 1.165) is 28.1 Å². The molecular formula is C30H36FN3O4S. The molecule has 0 aliphatic rings. The van der Waals surface area contributed by atoms with Crippen LogP contribution in [0.1, 0.15) is 37.0 Å². The van der Waals surface area contributed by atoms with Gasteiger partial charge in [-0.05, 0) is 53.8 Å². The average Bonchev–Trinajstić information content (AvgIpc) is 2.93. The lowest BCUT2D eigenvalue weighted by molar-refractivity contribution is -0.140. The molecule has 0 fully saturated rings. The monoisotopic (exact) mass is 553 g/mol. The predicted molar refractivity (Wildman–Crippen MR) is 152 cm³/mol. The Labute approximate surface area is 230 Å². The quantitative estimate of drug-likeness (QED) is 0.342. The summed E-state index contributed by atoms with van der Waals surface area (Å²) >= 11 is 0. The van der Waals surface area contributed by atoms with Crippen LogP contribution in [-0.2, 0) is 39.0 Å². The molecule has 0 bridgehead atoms. The minimum Gasteiger partial charge on any atom is -0.354 e. The van der Waals surface area contributed by atoms with E-state index in [4.69, 9.17) is 0 Å². The molecule has 208 valence electrons. The van der Waals surface area contributed by atoms with Gasteiger partial charge in [-0.1, -0.05) is 68.4 Å². The summed E-state index contributed by atoms with van der Waals surface area (Å²) in [6, 6.07) is 21.1. The second-order valence-corrected chi connectivity index (χ2v) is 11.3. The van der Waals surface area contributed by atoms with Gasteiger partial charge in [0.2, 0.25) is 21.8 Å². The largest absolute Gasteiger partial charge is 0.354 e. The van der Waals surface area contributed by atoms with Crippen LogP contribution in [0.15, 0.2) is 78.9 Å². The number of carbonyl (C=O) groups excluding carboxylic acids is 2. The molecule has 2 amide bonds. The van der Waals surface area contributed by atoms with E-state index in [-0.39, 0.29) is 18.9 Å². The number of amides is 2. The summed E-state index contributed by atoms with van der Waals surface area (Å²) in [4.78, 5) is 28.8. The molecule has 1 N–H and O–H groups in total. The van der Waals surface area contributed by atoms with Crippen LogP contribution in [0.5, 0.6) is 0 Å². The van der Waals surface area contributed by atoms with Gasteiger partial charge in [0.15, 0.2) is 0 Å². The van der Waals surface area contributed by atoms with Gasteiger partial charge in [-0.15, -0.1) is 0 Å². The fourth-order valence-corrected chi connectivity index (χ4v) is 5.07. The van der Waals surface area contributed by atoms with E-state index in [1.54, 1.807) is 24.3 Å². The van der Waals surface area contributed by atoms with Crippen molar-refractivity contribution in [3.8, 4) is 0 Å². The number of carbonyl (C=O) groups is 2. The van der Waals surface area contributed by atoms with Gasteiger partial charge in [0.1, 0.15) is 18.4 Å². The number of benzene rings is 3. The van der Waals surface area contributed by atoms with Crippen molar-refractivity contribution in [1.82, 2.24) is 10.2 Å². The van der Waals surface area contributed by atoms with Crippen molar-refractivity contribution >= 4 is 27.5 Å². The molecule has 0 aliphatic heterocycles. The fourth-order valence-electron chi connectivity index (χ4n) is 4.22. The lowest BCUT2D eigenvalue weighted by atomic mass is 10.0. The summed E-state index contributed by atoms with van der Waals surface area (Å²) < 4.78 is 40.3. The minimum absolute atomic E-state index is 0.00251. The van der Waals surface area contributed by atoms with Crippen molar-refractivity contribution < 1.29 is 22.4 Å². The molecule has 0 radical (unpaired) electrons. The van der Waals surface area contributed by atoms with E-state index in [0.29, 0.717) is 24.2 Å². The van der Waals surface area contributed by atoms with Crippen LogP contribution in [0.2, 0.25) is 0 Å². The molecule has 3 rings (SSSR count). The van der Waals surface area contributed by atoms with Gasteiger partial charge in [-0.25, -0.2) is 12.8 Å². The highest BCUT2D eigenvalue weighted by Gasteiger charge is 2.32. The van der Waals surface area contributed by atoms with Crippen molar-refractivity contribution in [3.63, 3.8) is 0 Å². The standard InChI is InChI=1S/C30H36FN3O4S/c1-4-19-32-30(36)28(20-24-9-7-6-8-10-24)33(21-25-11-15-26(31)16-12-25)29(35)22-34(39(3,37)38)27-17-13-23(5-2)14-18-27/h6-18,28H,4-5,19-22H2,1-3H3,(H,32,36)/t28-/m0/s1. The topological polar surface area (TPSA) is 86.8 Å². The van der Waals surface area contributed by atoms with Gasteiger partial charge in [0.25, 0.3) is 0 Å². The molecule has 9 heteroatoms.